The molecule has 1 saturated carbocycles. The first-order valence-corrected chi connectivity index (χ1v) is 16.7. The van der Waals surface area contributed by atoms with E-state index in [2.05, 4.69) is 162 Å². The van der Waals surface area contributed by atoms with Crippen LogP contribution in [0.3, 0.4) is 0 Å². The number of nitrogens with zero attached hydrogens (tertiary/aromatic N) is 2. The Hall–Kier alpha value is -4.82. The Kier molecular flexibility index (Phi) is 6.13. The Labute approximate surface area is 265 Å². The van der Waals surface area contributed by atoms with E-state index in [9.17, 15) is 0 Å². The van der Waals surface area contributed by atoms with Crippen LogP contribution < -0.4 is 4.90 Å². The van der Waals surface area contributed by atoms with Crippen molar-refractivity contribution < 1.29 is 0 Å². The first kappa shape index (κ1) is 26.6. The number of benzene rings is 5. The number of hydrogen-bond donors (Lipinski definition) is 0. The minimum Gasteiger partial charge on any atom is -0.333 e. The van der Waals surface area contributed by atoms with Gasteiger partial charge in [-0.2, -0.15) is 0 Å². The highest BCUT2D eigenvalue weighted by Crippen LogP contribution is 2.51. The maximum Gasteiger partial charge on any atom is 0.0629 e. The van der Waals surface area contributed by atoms with Crippen molar-refractivity contribution in [2.24, 2.45) is 5.92 Å². The molecule has 2 aliphatic carbocycles. The van der Waals surface area contributed by atoms with Crippen LogP contribution in [0.1, 0.15) is 55.2 Å². The average molecular weight is 583 g/mol. The van der Waals surface area contributed by atoms with Gasteiger partial charge in [0.1, 0.15) is 0 Å². The zero-order chi connectivity index (χ0) is 30.0. The van der Waals surface area contributed by atoms with Crippen LogP contribution in [0.2, 0.25) is 0 Å². The fourth-order valence-electron chi connectivity index (χ4n) is 8.99. The van der Waals surface area contributed by atoms with Crippen LogP contribution in [0.15, 0.2) is 146 Å². The molecule has 0 saturated heterocycles. The van der Waals surface area contributed by atoms with E-state index in [0.29, 0.717) is 17.9 Å². The SMILES string of the molecule is CC1CCCCC1(c1ccc(N2c3ccccc3C3C=CC=CC32)cc1)c1ccc(-n2c3ccccc3c3ccccc32)cc1. The van der Waals surface area contributed by atoms with Gasteiger partial charge in [-0.15, -0.1) is 0 Å². The van der Waals surface area contributed by atoms with Gasteiger partial charge in [-0.3, -0.25) is 0 Å². The molecule has 2 heterocycles. The lowest BCUT2D eigenvalue weighted by atomic mass is 9.60. The van der Waals surface area contributed by atoms with Crippen molar-refractivity contribution in [1.29, 1.82) is 0 Å². The molecule has 45 heavy (non-hydrogen) atoms. The highest BCUT2D eigenvalue weighted by atomic mass is 15.2. The van der Waals surface area contributed by atoms with Crippen LogP contribution >= 0.6 is 0 Å². The highest BCUT2D eigenvalue weighted by molar-refractivity contribution is 6.09. The summed E-state index contributed by atoms with van der Waals surface area (Å²) in [7, 11) is 0. The third kappa shape index (κ3) is 3.94. The van der Waals surface area contributed by atoms with Crippen LogP contribution in [0.5, 0.6) is 0 Å². The smallest absolute Gasteiger partial charge is 0.0629 e. The molecule has 0 radical (unpaired) electrons. The molecule has 0 spiro atoms. The van der Waals surface area contributed by atoms with E-state index in [1.807, 2.05) is 0 Å². The summed E-state index contributed by atoms with van der Waals surface area (Å²) < 4.78 is 2.43. The standard InChI is InChI=1S/C43H38N2/c1-30-12-10-11-29-43(30,31-21-25-33(26-22-31)44-39-17-6-2-13-35(39)36-14-3-7-18-40(36)44)32-23-27-34(28-24-32)45-41-19-8-4-15-37(41)38-16-5-9-20-42(38)45/h2-9,13-28,30,35,39H,10-12,29H2,1H3. The molecule has 1 fully saturated rings. The van der Waals surface area contributed by atoms with Gasteiger partial charge in [0.2, 0.25) is 0 Å². The summed E-state index contributed by atoms with van der Waals surface area (Å²) >= 11 is 0. The van der Waals surface area contributed by atoms with Crippen LogP contribution in [0.4, 0.5) is 11.4 Å². The van der Waals surface area contributed by atoms with Gasteiger partial charge < -0.3 is 9.47 Å². The summed E-state index contributed by atoms with van der Waals surface area (Å²) in [5.41, 5.74) is 10.7. The number of allylic oxidation sites excluding steroid dienone is 2. The van der Waals surface area contributed by atoms with E-state index in [0.717, 1.165) is 0 Å². The lowest BCUT2D eigenvalue weighted by molar-refractivity contribution is 0.244. The molecule has 4 unspecified atom stereocenters. The van der Waals surface area contributed by atoms with Crippen LogP contribution in [-0.4, -0.2) is 10.6 Å². The minimum absolute atomic E-state index is 0.00899. The Balaban J connectivity index is 1.12. The molecule has 220 valence electrons. The number of fused-ring (bicyclic) bond motifs is 6. The summed E-state index contributed by atoms with van der Waals surface area (Å²) in [4.78, 5) is 2.54. The second kappa shape index (κ2) is 10.4. The third-order valence-corrected chi connectivity index (χ3v) is 11.1. The fourth-order valence-corrected chi connectivity index (χ4v) is 8.99. The van der Waals surface area contributed by atoms with Gasteiger partial charge in [0.25, 0.3) is 0 Å². The van der Waals surface area contributed by atoms with E-state index in [-0.39, 0.29) is 5.41 Å². The molecule has 0 bridgehead atoms. The Morgan fingerprint density at radius 3 is 1.89 bits per heavy atom. The van der Waals surface area contributed by atoms with E-state index in [1.54, 1.807) is 0 Å². The molecule has 6 aromatic rings. The Morgan fingerprint density at radius 2 is 1.20 bits per heavy atom. The number of hydrogen-bond acceptors (Lipinski definition) is 1. The van der Waals surface area contributed by atoms with Gasteiger partial charge in [0, 0.05) is 39.2 Å². The summed E-state index contributed by atoms with van der Waals surface area (Å²) in [5, 5.41) is 2.61. The summed E-state index contributed by atoms with van der Waals surface area (Å²) in [6.07, 6.45) is 14.2. The summed E-state index contributed by atoms with van der Waals surface area (Å²) in [5.74, 6) is 0.975. The van der Waals surface area contributed by atoms with Crippen molar-refractivity contribution in [2.75, 3.05) is 4.90 Å². The van der Waals surface area contributed by atoms with Gasteiger partial charge in [-0.1, -0.05) is 123 Å². The first-order valence-electron chi connectivity index (χ1n) is 16.7. The molecule has 9 rings (SSSR count). The number of aromatic nitrogens is 1. The maximum atomic E-state index is 2.54. The van der Waals surface area contributed by atoms with Crippen LogP contribution in [0, 0.1) is 5.92 Å². The topological polar surface area (TPSA) is 8.17 Å². The molecule has 0 N–H and O–H groups in total. The fraction of sp³-hybridized carbons (Fsp3) is 0.209. The molecular weight excluding hydrogens is 544 g/mol. The van der Waals surface area contributed by atoms with Gasteiger partial charge in [0.05, 0.1) is 17.1 Å². The van der Waals surface area contributed by atoms with Crippen molar-refractivity contribution in [2.45, 2.75) is 50.0 Å². The van der Waals surface area contributed by atoms with Crippen LogP contribution in [0.25, 0.3) is 27.5 Å². The maximum absolute atomic E-state index is 2.54. The monoisotopic (exact) mass is 582 g/mol. The predicted molar refractivity (Wildman–Crippen MR) is 189 cm³/mol. The molecule has 2 nitrogen and oxygen atoms in total. The number of para-hydroxylation sites is 3. The molecular formula is C43H38N2. The van der Waals surface area contributed by atoms with Crippen molar-refractivity contribution in [3.05, 3.63) is 162 Å². The second-order valence-electron chi connectivity index (χ2n) is 13.3. The average Bonchev–Trinajstić information content (AvgIpc) is 3.62. The third-order valence-electron chi connectivity index (χ3n) is 11.1. The molecule has 4 atom stereocenters. The lowest BCUT2D eigenvalue weighted by Crippen LogP contribution is -2.38. The van der Waals surface area contributed by atoms with Gasteiger partial charge in [-0.05, 0) is 77.9 Å². The molecule has 0 amide bonds. The minimum atomic E-state index is 0.00899. The van der Waals surface area contributed by atoms with Crippen molar-refractivity contribution >= 4 is 33.2 Å². The molecule has 5 aromatic carbocycles. The normalized spacial score (nSPS) is 23.8. The van der Waals surface area contributed by atoms with Gasteiger partial charge in [-0.25, -0.2) is 0 Å². The van der Waals surface area contributed by atoms with Gasteiger partial charge in [0.15, 0.2) is 0 Å². The largest absolute Gasteiger partial charge is 0.333 e. The van der Waals surface area contributed by atoms with Gasteiger partial charge >= 0.3 is 0 Å². The predicted octanol–water partition coefficient (Wildman–Crippen LogP) is 11.0. The highest BCUT2D eigenvalue weighted by Gasteiger charge is 2.42. The summed E-state index contributed by atoms with van der Waals surface area (Å²) in [6.45, 7) is 2.48. The molecule has 1 aliphatic heterocycles. The molecule has 3 aliphatic rings. The Morgan fingerprint density at radius 1 is 0.600 bits per heavy atom. The molecule has 2 heteroatoms. The van der Waals surface area contributed by atoms with Crippen molar-refractivity contribution in [1.82, 2.24) is 4.57 Å². The zero-order valence-electron chi connectivity index (χ0n) is 25.8. The first-order chi connectivity index (χ1) is 22.2. The number of rotatable bonds is 4. The van der Waals surface area contributed by atoms with E-state index >= 15 is 0 Å². The van der Waals surface area contributed by atoms with E-state index in [1.165, 1.54) is 81.2 Å². The van der Waals surface area contributed by atoms with Crippen LogP contribution in [-0.2, 0) is 5.41 Å². The zero-order valence-corrected chi connectivity index (χ0v) is 25.8. The second-order valence-corrected chi connectivity index (χ2v) is 13.3. The summed E-state index contributed by atoms with van der Waals surface area (Å²) in [6, 6.07) is 46.0. The Bertz CT molecular complexity index is 2040. The van der Waals surface area contributed by atoms with Crippen molar-refractivity contribution in [3.8, 4) is 5.69 Å². The van der Waals surface area contributed by atoms with Crippen molar-refractivity contribution in [3.63, 3.8) is 0 Å². The quantitative estimate of drug-likeness (QED) is 0.201. The lowest BCUT2D eigenvalue weighted by Gasteiger charge is -2.44. The van der Waals surface area contributed by atoms with E-state index in [4.69, 9.17) is 0 Å². The molecule has 1 aromatic heterocycles. The van der Waals surface area contributed by atoms with E-state index < -0.39 is 0 Å². The number of anilines is 2.